The molecule has 0 aliphatic carbocycles. The van der Waals surface area contributed by atoms with Gasteiger partial charge in [-0.25, -0.2) is 4.99 Å². The maximum Gasteiger partial charge on any atom is 0.191 e. The predicted molar refractivity (Wildman–Crippen MR) is 126 cm³/mol. The largest absolute Gasteiger partial charge is 0.493 e. The lowest BCUT2D eigenvalue weighted by Crippen LogP contribution is -2.40. The third-order valence-corrected chi connectivity index (χ3v) is 4.83. The molecule has 156 valence electrons. The van der Waals surface area contributed by atoms with Crippen molar-refractivity contribution in [3.63, 3.8) is 0 Å². The Kier molecular flexibility index (Phi) is 14.8. The standard InChI is InChI=1S/C19H32BrN3O3.HI/c1-5-7-14(8-9-24)12-22-19(21-6-2)23-13-15-10-17(25-3)18(26-4)11-16(15)20;/h10-11,14,24H,5-9,12-13H2,1-4H3,(H2,21,22,23);1H. The molecule has 3 N–H and O–H groups in total. The van der Waals surface area contributed by atoms with Crippen LogP contribution < -0.4 is 20.1 Å². The Hall–Kier alpha value is -0.740. The molecule has 8 heteroatoms. The highest BCUT2D eigenvalue weighted by Gasteiger charge is 2.11. The molecule has 0 bridgehead atoms. The third-order valence-electron chi connectivity index (χ3n) is 4.10. The van der Waals surface area contributed by atoms with Crippen LogP contribution >= 0.6 is 39.9 Å². The zero-order valence-corrected chi connectivity index (χ0v) is 20.6. The van der Waals surface area contributed by atoms with Crippen molar-refractivity contribution < 1.29 is 14.6 Å². The van der Waals surface area contributed by atoms with Gasteiger partial charge < -0.3 is 25.2 Å². The van der Waals surface area contributed by atoms with Crippen LogP contribution in [0.25, 0.3) is 0 Å². The summed E-state index contributed by atoms with van der Waals surface area (Å²) < 4.78 is 11.6. The highest BCUT2D eigenvalue weighted by molar-refractivity contribution is 14.0. The van der Waals surface area contributed by atoms with Crippen LogP contribution in [0.15, 0.2) is 21.6 Å². The molecule has 1 unspecified atom stereocenters. The first-order valence-electron chi connectivity index (χ1n) is 9.12. The number of rotatable bonds is 11. The SMILES string of the molecule is CCCC(CCO)CNC(=NCc1cc(OC)c(OC)cc1Br)NCC.I. The fourth-order valence-corrected chi connectivity index (χ4v) is 3.15. The maximum absolute atomic E-state index is 9.21. The summed E-state index contributed by atoms with van der Waals surface area (Å²) in [6.45, 7) is 6.52. The van der Waals surface area contributed by atoms with Gasteiger partial charge in [-0.3, -0.25) is 0 Å². The van der Waals surface area contributed by atoms with E-state index in [0.29, 0.717) is 24.0 Å². The molecule has 0 saturated carbocycles. The molecule has 27 heavy (non-hydrogen) atoms. The van der Waals surface area contributed by atoms with Crippen molar-refractivity contribution in [1.29, 1.82) is 0 Å². The molecule has 6 nitrogen and oxygen atoms in total. The number of nitrogens with zero attached hydrogens (tertiary/aromatic N) is 1. The van der Waals surface area contributed by atoms with Crippen LogP contribution in [0, 0.1) is 5.92 Å². The zero-order chi connectivity index (χ0) is 19.4. The summed E-state index contributed by atoms with van der Waals surface area (Å²) in [5, 5.41) is 15.9. The number of guanidine groups is 1. The van der Waals surface area contributed by atoms with Gasteiger partial charge in [0, 0.05) is 24.2 Å². The van der Waals surface area contributed by atoms with Crippen LogP contribution in [0.3, 0.4) is 0 Å². The van der Waals surface area contributed by atoms with Crippen LogP contribution in [0.1, 0.15) is 38.7 Å². The van der Waals surface area contributed by atoms with E-state index in [1.54, 1.807) is 14.2 Å². The summed E-state index contributed by atoms with van der Waals surface area (Å²) in [5.41, 5.74) is 1.01. The van der Waals surface area contributed by atoms with Gasteiger partial charge in [0.15, 0.2) is 17.5 Å². The van der Waals surface area contributed by atoms with E-state index in [1.165, 1.54) is 0 Å². The molecule has 0 saturated heterocycles. The zero-order valence-electron chi connectivity index (χ0n) is 16.7. The second-order valence-electron chi connectivity index (χ2n) is 6.04. The summed E-state index contributed by atoms with van der Waals surface area (Å²) in [6, 6.07) is 3.82. The molecule has 0 spiro atoms. The number of methoxy groups -OCH3 is 2. The first-order chi connectivity index (χ1) is 12.6. The van der Waals surface area contributed by atoms with Crippen molar-refractivity contribution in [3.05, 3.63) is 22.2 Å². The lowest BCUT2D eigenvalue weighted by Gasteiger charge is -2.18. The lowest BCUT2D eigenvalue weighted by molar-refractivity contribution is 0.251. The van der Waals surface area contributed by atoms with E-state index in [2.05, 4.69) is 38.5 Å². The van der Waals surface area contributed by atoms with E-state index in [4.69, 9.17) is 9.47 Å². The van der Waals surface area contributed by atoms with Crippen molar-refractivity contribution in [2.45, 2.75) is 39.7 Å². The summed E-state index contributed by atoms with van der Waals surface area (Å²) in [6.07, 6.45) is 3.01. The lowest BCUT2D eigenvalue weighted by atomic mass is 10.0. The smallest absolute Gasteiger partial charge is 0.191 e. The van der Waals surface area contributed by atoms with E-state index < -0.39 is 0 Å². The van der Waals surface area contributed by atoms with Crippen LogP contribution in [-0.2, 0) is 6.54 Å². The highest BCUT2D eigenvalue weighted by Crippen LogP contribution is 2.33. The summed E-state index contributed by atoms with van der Waals surface area (Å²) in [7, 11) is 3.24. The Bertz CT molecular complexity index is 567. The van der Waals surface area contributed by atoms with E-state index in [1.807, 2.05) is 19.1 Å². The van der Waals surface area contributed by atoms with Gasteiger partial charge in [-0.15, -0.1) is 24.0 Å². The summed E-state index contributed by atoms with van der Waals surface area (Å²) in [4.78, 5) is 4.67. The minimum atomic E-state index is 0. The fraction of sp³-hybridized carbons (Fsp3) is 0.632. The van der Waals surface area contributed by atoms with E-state index in [0.717, 1.165) is 48.3 Å². The van der Waals surface area contributed by atoms with Crippen LogP contribution in [0.2, 0.25) is 0 Å². The van der Waals surface area contributed by atoms with Gasteiger partial charge in [-0.1, -0.05) is 29.3 Å². The quantitative estimate of drug-likeness (QED) is 0.218. The molecule has 0 fully saturated rings. The third kappa shape index (κ3) is 9.34. The van der Waals surface area contributed by atoms with Gasteiger partial charge in [0.1, 0.15) is 0 Å². The molecular weight excluding hydrogens is 525 g/mol. The number of aliphatic hydroxyl groups excluding tert-OH is 1. The van der Waals surface area contributed by atoms with Crippen molar-refractivity contribution >= 4 is 45.9 Å². The molecule has 0 aromatic heterocycles. The number of hydrogen-bond acceptors (Lipinski definition) is 4. The van der Waals surface area contributed by atoms with Crippen LogP contribution in [-0.4, -0.2) is 45.0 Å². The first-order valence-corrected chi connectivity index (χ1v) is 9.92. The van der Waals surface area contributed by atoms with E-state index >= 15 is 0 Å². The van der Waals surface area contributed by atoms with Crippen molar-refractivity contribution in [1.82, 2.24) is 10.6 Å². The Morgan fingerprint density at radius 2 is 1.81 bits per heavy atom. The number of hydrogen-bond donors (Lipinski definition) is 3. The molecule has 0 radical (unpaired) electrons. The molecule has 1 atom stereocenters. The Balaban J connectivity index is 0.00000676. The van der Waals surface area contributed by atoms with Gasteiger partial charge >= 0.3 is 0 Å². The molecule has 0 aliphatic rings. The summed E-state index contributed by atoms with van der Waals surface area (Å²) >= 11 is 3.57. The number of aliphatic hydroxyl groups is 1. The number of aliphatic imine (C=N–C) groups is 1. The number of halogens is 2. The average Bonchev–Trinajstić information content (AvgIpc) is 2.64. The van der Waals surface area contributed by atoms with Crippen molar-refractivity contribution in [3.8, 4) is 11.5 Å². The average molecular weight is 558 g/mol. The monoisotopic (exact) mass is 557 g/mol. The van der Waals surface area contributed by atoms with Crippen LogP contribution in [0.4, 0.5) is 0 Å². The van der Waals surface area contributed by atoms with Gasteiger partial charge in [0.2, 0.25) is 0 Å². The number of benzene rings is 1. The maximum atomic E-state index is 9.21. The van der Waals surface area contributed by atoms with Gasteiger partial charge in [0.05, 0.1) is 20.8 Å². The van der Waals surface area contributed by atoms with E-state index in [-0.39, 0.29) is 30.6 Å². The second-order valence-corrected chi connectivity index (χ2v) is 6.90. The molecule has 0 heterocycles. The van der Waals surface area contributed by atoms with Crippen molar-refractivity contribution in [2.24, 2.45) is 10.9 Å². The molecule has 0 aliphatic heterocycles. The topological polar surface area (TPSA) is 75.1 Å². The van der Waals surface area contributed by atoms with E-state index in [9.17, 15) is 5.11 Å². The van der Waals surface area contributed by atoms with Gasteiger partial charge in [-0.05, 0) is 43.4 Å². The van der Waals surface area contributed by atoms with Crippen molar-refractivity contribution in [2.75, 3.05) is 33.9 Å². The normalized spacial score (nSPS) is 12.1. The number of nitrogens with one attached hydrogen (secondary N) is 2. The Morgan fingerprint density at radius 3 is 2.37 bits per heavy atom. The Labute approximate surface area is 188 Å². The summed E-state index contributed by atoms with van der Waals surface area (Å²) in [5.74, 6) is 2.59. The minimum absolute atomic E-state index is 0. The van der Waals surface area contributed by atoms with Gasteiger partial charge in [0.25, 0.3) is 0 Å². The Morgan fingerprint density at radius 1 is 1.15 bits per heavy atom. The molecule has 1 aromatic carbocycles. The predicted octanol–water partition coefficient (Wildman–Crippen LogP) is 3.94. The second kappa shape index (κ2) is 15.2. The minimum Gasteiger partial charge on any atom is -0.493 e. The highest BCUT2D eigenvalue weighted by atomic mass is 127. The number of ether oxygens (including phenoxy) is 2. The van der Waals surface area contributed by atoms with Gasteiger partial charge in [-0.2, -0.15) is 0 Å². The first kappa shape index (κ1) is 26.3. The molecule has 1 aromatic rings. The molecule has 1 rings (SSSR count). The van der Waals surface area contributed by atoms with Crippen LogP contribution in [0.5, 0.6) is 11.5 Å². The molecule has 0 amide bonds. The fourth-order valence-electron chi connectivity index (χ4n) is 2.70. The molecular formula is C19H33BrIN3O3.